The van der Waals surface area contributed by atoms with Gasteiger partial charge < -0.3 is 5.11 Å². The Morgan fingerprint density at radius 2 is 2.27 bits per heavy atom. The Bertz CT molecular complexity index is 337. The van der Waals surface area contributed by atoms with Crippen LogP contribution in [0.4, 0.5) is 5.13 Å². The van der Waals surface area contributed by atoms with E-state index in [1.807, 2.05) is 0 Å². The Morgan fingerprint density at radius 3 is 2.80 bits per heavy atom. The van der Waals surface area contributed by atoms with Crippen molar-refractivity contribution in [1.29, 1.82) is 0 Å². The molecule has 0 aliphatic rings. The zero-order valence-electron chi connectivity index (χ0n) is 8.34. The summed E-state index contributed by atoms with van der Waals surface area (Å²) in [5, 5.41) is 10.8. The van der Waals surface area contributed by atoms with Crippen LogP contribution in [0.15, 0.2) is 11.6 Å². The van der Waals surface area contributed by atoms with Crippen molar-refractivity contribution in [2.75, 3.05) is 11.9 Å². The molecule has 0 aliphatic heterocycles. The number of hydrogen-bond donors (Lipinski definition) is 1. The molecular weight excluding hydrogens is 216 g/mol. The van der Waals surface area contributed by atoms with E-state index in [0.717, 1.165) is 0 Å². The highest BCUT2D eigenvalue weighted by Gasteiger charge is 2.12. The fraction of sp³-hybridized carbons (Fsp3) is 0.444. The van der Waals surface area contributed by atoms with Crippen molar-refractivity contribution in [3.63, 3.8) is 0 Å². The van der Waals surface area contributed by atoms with Gasteiger partial charge in [-0.3, -0.25) is 14.5 Å². The normalized spacial score (nSPS) is 9.93. The molecule has 5 nitrogen and oxygen atoms in total. The first-order chi connectivity index (χ1) is 7.11. The van der Waals surface area contributed by atoms with Gasteiger partial charge in [0.2, 0.25) is 5.91 Å². The monoisotopic (exact) mass is 228 g/mol. The lowest BCUT2D eigenvalue weighted by molar-refractivity contribution is -0.137. The molecule has 1 heterocycles. The van der Waals surface area contributed by atoms with Gasteiger partial charge in [-0.2, -0.15) is 0 Å². The van der Waals surface area contributed by atoms with Crippen LogP contribution >= 0.6 is 11.3 Å². The average Bonchev–Trinajstić information content (AvgIpc) is 2.68. The fourth-order valence-electron chi connectivity index (χ4n) is 1.05. The smallest absolute Gasteiger partial charge is 0.303 e. The van der Waals surface area contributed by atoms with E-state index in [1.165, 1.54) is 16.2 Å². The van der Waals surface area contributed by atoms with Gasteiger partial charge in [-0.15, -0.1) is 11.3 Å². The number of aromatic nitrogens is 1. The van der Waals surface area contributed by atoms with Crippen LogP contribution in [-0.4, -0.2) is 29.0 Å². The van der Waals surface area contributed by atoms with Crippen molar-refractivity contribution in [3.8, 4) is 0 Å². The molecule has 1 aromatic rings. The van der Waals surface area contributed by atoms with Gasteiger partial charge in [-0.05, 0) is 6.42 Å². The number of nitrogens with zero attached hydrogens (tertiary/aromatic N) is 2. The fourth-order valence-corrected chi connectivity index (χ4v) is 1.67. The lowest BCUT2D eigenvalue weighted by Crippen LogP contribution is -2.25. The van der Waals surface area contributed by atoms with Gasteiger partial charge in [-0.1, -0.05) is 0 Å². The molecule has 1 amide bonds. The zero-order chi connectivity index (χ0) is 11.3. The standard InChI is InChI=1S/C9H12N2O3S/c1-11(9-10-5-6-15-9)7(12)3-2-4-8(13)14/h5-6H,2-4H2,1H3,(H,13,14). The molecule has 0 aliphatic carbocycles. The largest absolute Gasteiger partial charge is 0.481 e. The molecule has 6 heteroatoms. The van der Waals surface area contributed by atoms with E-state index in [4.69, 9.17) is 5.11 Å². The number of carbonyl (C=O) groups excluding carboxylic acids is 1. The van der Waals surface area contributed by atoms with Crippen LogP contribution in [0.5, 0.6) is 0 Å². The van der Waals surface area contributed by atoms with Crippen LogP contribution in [0.25, 0.3) is 0 Å². The third-order valence-electron chi connectivity index (χ3n) is 1.86. The number of amides is 1. The summed E-state index contributed by atoms with van der Waals surface area (Å²) in [4.78, 5) is 27.2. The molecular formula is C9H12N2O3S. The minimum absolute atomic E-state index is 0.0252. The first-order valence-corrected chi connectivity index (χ1v) is 5.37. The van der Waals surface area contributed by atoms with Gasteiger partial charge in [0.1, 0.15) is 0 Å². The quantitative estimate of drug-likeness (QED) is 0.826. The van der Waals surface area contributed by atoms with Crippen LogP contribution in [0, 0.1) is 0 Å². The van der Waals surface area contributed by atoms with E-state index in [9.17, 15) is 9.59 Å². The summed E-state index contributed by atoms with van der Waals surface area (Å²) in [5.41, 5.74) is 0. The maximum atomic E-state index is 11.5. The number of rotatable bonds is 5. The van der Waals surface area contributed by atoms with Gasteiger partial charge in [0.15, 0.2) is 5.13 Å². The SMILES string of the molecule is CN(C(=O)CCCC(=O)O)c1nccs1. The van der Waals surface area contributed by atoms with Crippen molar-refractivity contribution in [1.82, 2.24) is 4.98 Å². The topological polar surface area (TPSA) is 70.5 Å². The molecule has 1 N–H and O–H groups in total. The minimum atomic E-state index is -0.875. The van der Waals surface area contributed by atoms with Gasteiger partial charge >= 0.3 is 5.97 Å². The molecule has 82 valence electrons. The number of aliphatic carboxylic acids is 1. The molecule has 0 fully saturated rings. The summed E-state index contributed by atoms with van der Waals surface area (Å²) >= 11 is 1.38. The van der Waals surface area contributed by atoms with Gasteiger partial charge in [0.05, 0.1) is 0 Å². The molecule has 1 rings (SSSR count). The molecule has 0 saturated carbocycles. The predicted octanol–water partition coefficient (Wildman–Crippen LogP) is 1.36. The van der Waals surface area contributed by atoms with E-state index < -0.39 is 5.97 Å². The number of carbonyl (C=O) groups is 2. The van der Waals surface area contributed by atoms with Crippen molar-refractivity contribution < 1.29 is 14.7 Å². The molecule has 1 aromatic heterocycles. The highest BCUT2D eigenvalue weighted by Crippen LogP contribution is 2.16. The number of anilines is 1. The number of carboxylic acid groups (broad SMARTS) is 1. The Hall–Kier alpha value is -1.43. The summed E-state index contributed by atoms with van der Waals surface area (Å²) in [7, 11) is 1.64. The maximum Gasteiger partial charge on any atom is 0.303 e. The molecule has 0 bridgehead atoms. The molecule has 15 heavy (non-hydrogen) atoms. The molecule has 0 aromatic carbocycles. The van der Waals surface area contributed by atoms with Crippen molar-refractivity contribution in [3.05, 3.63) is 11.6 Å². The Balaban J connectivity index is 2.37. The van der Waals surface area contributed by atoms with E-state index in [-0.39, 0.29) is 18.7 Å². The molecule has 0 atom stereocenters. The summed E-state index contributed by atoms with van der Waals surface area (Å²) in [6, 6.07) is 0. The van der Waals surface area contributed by atoms with E-state index in [1.54, 1.807) is 18.6 Å². The van der Waals surface area contributed by atoms with E-state index in [0.29, 0.717) is 11.6 Å². The second-order valence-electron chi connectivity index (χ2n) is 3.01. The lowest BCUT2D eigenvalue weighted by Gasteiger charge is -2.12. The lowest BCUT2D eigenvalue weighted by atomic mass is 10.2. The second-order valence-corrected chi connectivity index (χ2v) is 3.89. The first kappa shape index (κ1) is 11.6. The average molecular weight is 228 g/mol. The van der Waals surface area contributed by atoms with Crippen molar-refractivity contribution >= 4 is 28.3 Å². The van der Waals surface area contributed by atoms with E-state index >= 15 is 0 Å². The molecule has 0 saturated heterocycles. The minimum Gasteiger partial charge on any atom is -0.481 e. The predicted molar refractivity (Wildman–Crippen MR) is 57.0 cm³/mol. The summed E-state index contributed by atoms with van der Waals surface area (Å²) in [5.74, 6) is -0.981. The van der Waals surface area contributed by atoms with Crippen LogP contribution in [0.1, 0.15) is 19.3 Å². The number of carboxylic acids is 1. The summed E-state index contributed by atoms with van der Waals surface area (Å²) < 4.78 is 0. The Labute approximate surface area is 91.4 Å². The number of hydrogen-bond acceptors (Lipinski definition) is 4. The highest BCUT2D eigenvalue weighted by molar-refractivity contribution is 7.13. The zero-order valence-corrected chi connectivity index (χ0v) is 9.16. The van der Waals surface area contributed by atoms with Crippen LogP contribution < -0.4 is 4.90 Å². The molecule has 0 spiro atoms. The van der Waals surface area contributed by atoms with Crippen molar-refractivity contribution in [2.24, 2.45) is 0 Å². The van der Waals surface area contributed by atoms with Crippen LogP contribution in [-0.2, 0) is 9.59 Å². The summed E-state index contributed by atoms with van der Waals surface area (Å²) in [6.07, 6.45) is 2.25. The number of thiazole rings is 1. The third kappa shape index (κ3) is 3.67. The highest BCUT2D eigenvalue weighted by atomic mass is 32.1. The third-order valence-corrected chi connectivity index (χ3v) is 2.71. The van der Waals surface area contributed by atoms with Crippen LogP contribution in [0.2, 0.25) is 0 Å². The Morgan fingerprint density at radius 1 is 1.53 bits per heavy atom. The molecule has 0 unspecified atom stereocenters. The second kappa shape index (κ2) is 5.45. The van der Waals surface area contributed by atoms with Crippen LogP contribution in [0.3, 0.4) is 0 Å². The Kier molecular flexibility index (Phi) is 4.23. The van der Waals surface area contributed by atoms with Gasteiger partial charge in [-0.25, -0.2) is 4.98 Å². The summed E-state index contributed by atoms with van der Waals surface area (Å²) in [6.45, 7) is 0. The van der Waals surface area contributed by atoms with E-state index in [2.05, 4.69) is 4.98 Å². The van der Waals surface area contributed by atoms with Crippen molar-refractivity contribution in [2.45, 2.75) is 19.3 Å². The van der Waals surface area contributed by atoms with Gasteiger partial charge in [0, 0.05) is 31.5 Å². The first-order valence-electron chi connectivity index (χ1n) is 4.49. The maximum absolute atomic E-state index is 11.5. The molecule has 0 radical (unpaired) electrons. The van der Waals surface area contributed by atoms with Gasteiger partial charge in [0.25, 0.3) is 0 Å².